The van der Waals surface area contributed by atoms with Crippen molar-refractivity contribution in [3.63, 3.8) is 0 Å². The van der Waals surface area contributed by atoms with Crippen LogP contribution in [0.25, 0.3) is 6.08 Å². The van der Waals surface area contributed by atoms with Crippen LogP contribution in [0.4, 0.5) is 0 Å². The Hall–Kier alpha value is -2.60. The van der Waals surface area contributed by atoms with Crippen molar-refractivity contribution >= 4 is 52.4 Å². The number of carbonyl (C=O) groups excluding carboxylic acids is 2. The maximum Gasteiger partial charge on any atom is 0.247 e. The van der Waals surface area contributed by atoms with Crippen LogP contribution < -0.4 is 0 Å². The second-order valence-corrected chi connectivity index (χ2v) is 10.4. The average Bonchev–Trinajstić information content (AvgIpc) is 3.30. The molecular weight excluding hydrogens is 487 g/mol. The van der Waals surface area contributed by atoms with Gasteiger partial charge in [0.1, 0.15) is 6.54 Å². The molecule has 1 aliphatic rings. The summed E-state index contributed by atoms with van der Waals surface area (Å²) < 4.78 is 0. The van der Waals surface area contributed by atoms with E-state index in [0.717, 1.165) is 23.1 Å². The normalized spacial score (nSPS) is 15.6. The molecular formula is C27H26Cl2N2O2S. The molecule has 2 amide bonds. The number of nitrogens with zero attached hydrogens (tertiary/aromatic N) is 2. The molecule has 2 aromatic carbocycles. The first-order chi connectivity index (χ1) is 16.3. The number of amides is 2. The van der Waals surface area contributed by atoms with E-state index in [9.17, 15) is 9.59 Å². The molecule has 0 spiro atoms. The number of hydrogen-bond acceptors (Lipinski definition) is 3. The van der Waals surface area contributed by atoms with Gasteiger partial charge in [-0.05, 0) is 66.6 Å². The third-order valence-electron chi connectivity index (χ3n) is 5.97. The van der Waals surface area contributed by atoms with E-state index in [4.69, 9.17) is 23.2 Å². The molecule has 0 saturated carbocycles. The molecule has 34 heavy (non-hydrogen) atoms. The Morgan fingerprint density at radius 1 is 1.12 bits per heavy atom. The molecule has 0 saturated heterocycles. The summed E-state index contributed by atoms with van der Waals surface area (Å²) in [5.41, 5.74) is 2.86. The summed E-state index contributed by atoms with van der Waals surface area (Å²) in [4.78, 5) is 31.3. The van der Waals surface area contributed by atoms with Gasteiger partial charge < -0.3 is 9.80 Å². The zero-order valence-electron chi connectivity index (χ0n) is 19.1. The fraction of sp³-hybridized carbons (Fsp3) is 0.259. The van der Waals surface area contributed by atoms with Gasteiger partial charge in [0.05, 0.1) is 6.04 Å². The quantitative estimate of drug-likeness (QED) is 0.354. The maximum atomic E-state index is 13.6. The largest absolute Gasteiger partial charge is 0.330 e. The number of thiophene rings is 1. The van der Waals surface area contributed by atoms with Crippen molar-refractivity contribution in [1.82, 2.24) is 9.80 Å². The maximum absolute atomic E-state index is 13.6. The third-order valence-corrected chi connectivity index (χ3v) is 7.53. The van der Waals surface area contributed by atoms with Crippen molar-refractivity contribution in [3.05, 3.63) is 97.7 Å². The van der Waals surface area contributed by atoms with Crippen LogP contribution in [-0.4, -0.2) is 40.7 Å². The fourth-order valence-corrected chi connectivity index (χ4v) is 5.64. The van der Waals surface area contributed by atoms with E-state index in [0.29, 0.717) is 16.6 Å². The number of halogens is 2. The van der Waals surface area contributed by atoms with Gasteiger partial charge in [0.25, 0.3) is 0 Å². The Morgan fingerprint density at radius 2 is 1.88 bits per heavy atom. The molecule has 4 nitrogen and oxygen atoms in total. The van der Waals surface area contributed by atoms with Crippen LogP contribution in [-0.2, 0) is 16.0 Å². The molecule has 0 bridgehead atoms. The second-order valence-electron chi connectivity index (χ2n) is 8.51. The van der Waals surface area contributed by atoms with Crippen molar-refractivity contribution in [2.45, 2.75) is 32.4 Å². The fourth-order valence-electron chi connectivity index (χ4n) is 4.22. The summed E-state index contributed by atoms with van der Waals surface area (Å²) in [5, 5.41) is 3.13. The predicted molar refractivity (Wildman–Crippen MR) is 140 cm³/mol. The zero-order valence-corrected chi connectivity index (χ0v) is 21.4. The molecule has 4 rings (SSSR count). The molecule has 3 aromatic rings. The van der Waals surface area contributed by atoms with E-state index in [-0.39, 0.29) is 30.4 Å². The minimum absolute atomic E-state index is 0.00317. The lowest BCUT2D eigenvalue weighted by atomic mass is 9.93. The van der Waals surface area contributed by atoms with Crippen LogP contribution in [0.15, 0.2) is 66.1 Å². The molecule has 7 heteroatoms. The second kappa shape index (κ2) is 10.8. The van der Waals surface area contributed by atoms with Crippen LogP contribution in [0.3, 0.4) is 0 Å². The molecule has 2 heterocycles. The van der Waals surface area contributed by atoms with Crippen LogP contribution in [0, 0.1) is 0 Å². The van der Waals surface area contributed by atoms with Crippen molar-refractivity contribution in [2.75, 3.05) is 13.1 Å². The number of carbonyl (C=O) groups is 2. The molecule has 1 unspecified atom stereocenters. The summed E-state index contributed by atoms with van der Waals surface area (Å²) in [6, 6.07) is 16.6. The van der Waals surface area contributed by atoms with Crippen LogP contribution in [0.5, 0.6) is 0 Å². The van der Waals surface area contributed by atoms with E-state index in [2.05, 4.69) is 6.07 Å². The SMILES string of the molecule is CC(C)N(CC(=O)N1CCc2sccc2C1c1ccc(Cl)cc1Cl)C(=O)/C=C/c1ccccc1. The predicted octanol–water partition coefficient (Wildman–Crippen LogP) is 6.48. The highest BCUT2D eigenvalue weighted by Crippen LogP contribution is 2.41. The third kappa shape index (κ3) is 5.38. The molecule has 0 N–H and O–H groups in total. The highest BCUT2D eigenvalue weighted by Gasteiger charge is 2.35. The van der Waals surface area contributed by atoms with Crippen LogP contribution >= 0.6 is 34.5 Å². The molecule has 1 aliphatic heterocycles. The molecule has 0 aliphatic carbocycles. The summed E-state index contributed by atoms with van der Waals surface area (Å²) in [5.74, 6) is -0.301. The number of fused-ring (bicyclic) bond motifs is 1. The van der Waals surface area contributed by atoms with Crippen molar-refractivity contribution in [1.29, 1.82) is 0 Å². The number of benzene rings is 2. The standard InChI is InChI=1S/C27H26Cl2N2O2S/c1-18(2)31(25(32)11-8-19-6-4-3-5-7-19)17-26(33)30-14-12-24-22(13-15-34-24)27(30)21-10-9-20(28)16-23(21)29/h3-11,13,15-16,18,27H,12,14,17H2,1-2H3/b11-8+. The van der Waals surface area contributed by atoms with Crippen molar-refractivity contribution in [2.24, 2.45) is 0 Å². The Morgan fingerprint density at radius 3 is 2.59 bits per heavy atom. The minimum Gasteiger partial charge on any atom is -0.330 e. The van der Waals surface area contributed by atoms with Crippen LogP contribution in [0.1, 0.15) is 41.5 Å². The van der Waals surface area contributed by atoms with E-state index >= 15 is 0 Å². The Balaban J connectivity index is 1.59. The van der Waals surface area contributed by atoms with E-state index < -0.39 is 0 Å². The van der Waals surface area contributed by atoms with E-state index in [1.54, 1.807) is 34.4 Å². The molecule has 1 aromatic heterocycles. The Labute approximate surface area is 214 Å². The van der Waals surface area contributed by atoms with Gasteiger partial charge >= 0.3 is 0 Å². The van der Waals surface area contributed by atoms with Crippen LogP contribution in [0.2, 0.25) is 10.0 Å². The molecule has 176 valence electrons. The summed E-state index contributed by atoms with van der Waals surface area (Å²) in [7, 11) is 0. The topological polar surface area (TPSA) is 40.6 Å². The first-order valence-corrected chi connectivity index (χ1v) is 12.8. The smallest absolute Gasteiger partial charge is 0.247 e. The summed E-state index contributed by atoms with van der Waals surface area (Å²) in [6.45, 7) is 4.40. The lowest BCUT2D eigenvalue weighted by molar-refractivity contribution is -0.140. The highest BCUT2D eigenvalue weighted by molar-refractivity contribution is 7.10. The lowest BCUT2D eigenvalue weighted by Gasteiger charge is -2.38. The van der Waals surface area contributed by atoms with Crippen molar-refractivity contribution < 1.29 is 9.59 Å². The minimum atomic E-state index is -0.309. The van der Waals surface area contributed by atoms with Gasteiger partial charge in [-0.2, -0.15) is 0 Å². The van der Waals surface area contributed by atoms with Gasteiger partial charge in [-0.1, -0.05) is 59.6 Å². The summed E-state index contributed by atoms with van der Waals surface area (Å²) >= 11 is 14.4. The lowest BCUT2D eigenvalue weighted by Crippen LogP contribution is -2.48. The molecule has 1 atom stereocenters. The monoisotopic (exact) mass is 512 g/mol. The van der Waals surface area contributed by atoms with Gasteiger partial charge in [0.15, 0.2) is 0 Å². The van der Waals surface area contributed by atoms with Gasteiger partial charge in [-0.15, -0.1) is 11.3 Å². The molecule has 0 fully saturated rings. The van der Waals surface area contributed by atoms with Gasteiger partial charge in [0, 0.05) is 33.6 Å². The van der Waals surface area contributed by atoms with Gasteiger partial charge in [-0.25, -0.2) is 0 Å². The molecule has 0 radical (unpaired) electrons. The first kappa shape index (κ1) is 24.5. The highest BCUT2D eigenvalue weighted by atomic mass is 35.5. The van der Waals surface area contributed by atoms with E-state index in [1.165, 1.54) is 11.0 Å². The summed E-state index contributed by atoms with van der Waals surface area (Å²) in [6.07, 6.45) is 4.09. The Bertz CT molecular complexity index is 1210. The Kier molecular flexibility index (Phi) is 7.77. The number of hydrogen-bond donors (Lipinski definition) is 0. The first-order valence-electron chi connectivity index (χ1n) is 11.2. The zero-order chi connectivity index (χ0) is 24.2. The van der Waals surface area contributed by atoms with Gasteiger partial charge in [0.2, 0.25) is 11.8 Å². The average molecular weight is 513 g/mol. The van der Waals surface area contributed by atoms with E-state index in [1.807, 2.05) is 60.5 Å². The van der Waals surface area contributed by atoms with Crippen molar-refractivity contribution in [3.8, 4) is 0 Å². The number of rotatable bonds is 6. The van der Waals surface area contributed by atoms with Gasteiger partial charge in [-0.3, -0.25) is 9.59 Å².